The lowest BCUT2D eigenvalue weighted by Crippen LogP contribution is -2.19. The standard InChI is InChI=1S/C14H21N/c1-9-7-11(3)13(12(4)8-9)14-10(2)5-6-15-14/h7-8,10,14-15H,5-6H2,1-4H3. The molecule has 0 aromatic heterocycles. The summed E-state index contributed by atoms with van der Waals surface area (Å²) in [4.78, 5) is 0. The first kappa shape index (κ1) is 10.7. The molecule has 1 N–H and O–H groups in total. The molecule has 0 aliphatic carbocycles. The van der Waals surface area contributed by atoms with E-state index in [9.17, 15) is 0 Å². The maximum absolute atomic E-state index is 3.62. The summed E-state index contributed by atoms with van der Waals surface area (Å²) in [6.07, 6.45) is 1.30. The number of nitrogens with one attached hydrogen (secondary N) is 1. The van der Waals surface area contributed by atoms with E-state index in [1.54, 1.807) is 0 Å². The SMILES string of the molecule is Cc1cc(C)c(C2NCCC2C)c(C)c1. The molecule has 0 saturated carbocycles. The fourth-order valence-electron chi connectivity index (χ4n) is 2.90. The molecule has 2 unspecified atom stereocenters. The highest BCUT2D eigenvalue weighted by molar-refractivity contribution is 5.40. The van der Waals surface area contributed by atoms with Gasteiger partial charge in [0.05, 0.1) is 0 Å². The van der Waals surface area contributed by atoms with Gasteiger partial charge < -0.3 is 5.32 Å². The van der Waals surface area contributed by atoms with Crippen molar-refractivity contribution in [2.24, 2.45) is 5.92 Å². The summed E-state index contributed by atoms with van der Waals surface area (Å²) in [5.74, 6) is 0.769. The molecule has 1 nitrogen and oxygen atoms in total. The topological polar surface area (TPSA) is 12.0 Å². The van der Waals surface area contributed by atoms with Crippen LogP contribution in [-0.2, 0) is 0 Å². The summed E-state index contributed by atoms with van der Waals surface area (Å²) in [5.41, 5.74) is 5.79. The molecule has 1 aromatic carbocycles. The Kier molecular flexibility index (Phi) is 2.83. The van der Waals surface area contributed by atoms with Crippen molar-refractivity contribution in [1.29, 1.82) is 0 Å². The average Bonchev–Trinajstić information content (AvgIpc) is 2.50. The van der Waals surface area contributed by atoms with Gasteiger partial charge in [0.25, 0.3) is 0 Å². The van der Waals surface area contributed by atoms with Crippen molar-refractivity contribution >= 4 is 0 Å². The minimum Gasteiger partial charge on any atom is -0.310 e. The highest BCUT2D eigenvalue weighted by Crippen LogP contribution is 2.33. The molecule has 1 heterocycles. The number of benzene rings is 1. The van der Waals surface area contributed by atoms with Crippen LogP contribution in [0.2, 0.25) is 0 Å². The third-order valence-electron chi connectivity index (χ3n) is 3.58. The third-order valence-corrected chi connectivity index (χ3v) is 3.58. The van der Waals surface area contributed by atoms with E-state index >= 15 is 0 Å². The Morgan fingerprint density at radius 2 is 1.73 bits per heavy atom. The third kappa shape index (κ3) is 1.93. The van der Waals surface area contributed by atoms with Gasteiger partial charge in [-0.05, 0) is 56.3 Å². The Bertz CT molecular complexity index is 345. The van der Waals surface area contributed by atoms with Gasteiger partial charge in [0, 0.05) is 6.04 Å². The van der Waals surface area contributed by atoms with Gasteiger partial charge in [-0.25, -0.2) is 0 Å². The van der Waals surface area contributed by atoms with E-state index in [1.165, 1.54) is 35.2 Å². The Labute approximate surface area is 92.9 Å². The lowest BCUT2D eigenvalue weighted by Gasteiger charge is -2.21. The largest absolute Gasteiger partial charge is 0.310 e. The van der Waals surface area contributed by atoms with Crippen LogP contribution in [0.4, 0.5) is 0 Å². The zero-order chi connectivity index (χ0) is 11.0. The van der Waals surface area contributed by atoms with Crippen molar-refractivity contribution in [2.75, 3.05) is 6.54 Å². The number of hydrogen-bond acceptors (Lipinski definition) is 1. The molecule has 1 saturated heterocycles. The predicted octanol–water partition coefficient (Wildman–Crippen LogP) is 3.28. The maximum atomic E-state index is 3.62. The summed E-state index contributed by atoms with van der Waals surface area (Å²) >= 11 is 0. The first-order valence-corrected chi connectivity index (χ1v) is 5.90. The highest BCUT2D eigenvalue weighted by Gasteiger charge is 2.26. The van der Waals surface area contributed by atoms with Crippen molar-refractivity contribution in [1.82, 2.24) is 5.32 Å². The van der Waals surface area contributed by atoms with Gasteiger partial charge in [-0.15, -0.1) is 0 Å². The van der Waals surface area contributed by atoms with Crippen molar-refractivity contribution in [3.05, 3.63) is 34.4 Å². The zero-order valence-corrected chi connectivity index (χ0v) is 10.2. The highest BCUT2D eigenvalue weighted by atomic mass is 14.9. The van der Waals surface area contributed by atoms with Crippen molar-refractivity contribution < 1.29 is 0 Å². The normalized spacial score (nSPS) is 25.9. The van der Waals surface area contributed by atoms with Gasteiger partial charge in [-0.1, -0.05) is 24.6 Å². The minimum absolute atomic E-state index is 0.575. The Hall–Kier alpha value is -0.820. The molecule has 0 spiro atoms. The molecule has 1 fully saturated rings. The molecule has 0 amide bonds. The minimum atomic E-state index is 0.575. The van der Waals surface area contributed by atoms with Gasteiger partial charge in [0.2, 0.25) is 0 Å². The van der Waals surface area contributed by atoms with E-state index in [0.29, 0.717) is 6.04 Å². The fraction of sp³-hybridized carbons (Fsp3) is 0.571. The summed E-state index contributed by atoms with van der Waals surface area (Å²) in [6, 6.07) is 5.18. The average molecular weight is 203 g/mol. The Morgan fingerprint density at radius 3 is 2.20 bits per heavy atom. The Balaban J connectivity index is 2.43. The van der Waals surface area contributed by atoms with Crippen LogP contribution in [0.25, 0.3) is 0 Å². The maximum Gasteiger partial charge on any atom is 0.0351 e. The molecular formula is C14H21N. The van der Waals surface area contributed by atoms with Gasteiger partial charge in [0.1, 0.15) is 0 Å². The summed E-state index contributed by atoms with van der Waals surface area (Å²) < 4.78 is 0. The van der Waals surface area contributed by atoms with Gasteiger partial charge in [-0.3, -0.25) is 0 Å². The molecule has 2 rings (SSSR count). The lowest BCUT2D eigenvalue weighted by atomic mass is 9.88. The van der Waals surface area contributed by atoms with Crippen LogP contribution >= 0.6 is 0 Å². The number of rotatable bonds is 1. The number of hydrogen-bond donors (Lipinski definition) is 1. The second-order valence-corrected chi connectivity index (χ2v) is 5.01. The summed E-state index contributed by atoms with van der Waals surface area (Å²) in [6.45, 7) is 10.2. The smallest absolute Gasteiger partial charge is 0.0351 e. The van der Waals surface area contributed by atoms with E-state index in [4.69, 9.17) is 0 Å². The van der Waals surface area contributed by atoms with E-state index in [-0.39, 0.29) is 0 Å². The van der Waals surface area contributed by atoms with E-state index in [2.05, 4.69) is 45.1 Å². The van der Waals surface area contributed by atoms with E-state index in [0.717, 1.165) is 5.92 Å². The molecule has 2 atom stereocenters. The van der Waals surface area contributed by atoms with Crippen LogP contribution in [0, 0.1) is 26.7 Å². The van der Waals surface area contributed by atoms with Crippen molar-refractivity contribution in [2.45, 2.75) is 40.2 Å². The zero-order valence-electron chi connectivity index (χ0n) is 10.2. The molecular weight excluding hydrogens is 182 g/mol. The van der Waals surface area contributed by atoms with Crippen LogP contribution in [0.5, 0.6) is 0 Å². The van der Waals surface area contributed by atoms with Gasteiger partial charge >= 0.3 is 0 Å². The summed E-state index contributed by atoms with van der Waals surface area (Å²) in [7, 11) is 0. The first-order valence-electron chi connectivity index (χ1n) is 5.90. The van der Waals surface area contributed by atoms with Gasteiger partial charge in [-0.2, -0.15) is 0 Å². The van der Waals surface area contributed by atoms with Crippen LogP contribution in [0.1, 0.15) is 41.6 Å². The molecule has 0 bridgehead atoms. The first-order chi connectivity index (χ1) is 7.09. The van der Waals surface area contributed by atoms with Crippen molar-refractivity contribution in [3.8, 4) is 0 Å². The lowest BCUT2D eigenvalue weighted by molar-refractivity contribution is 0.499. The molecule has 1 heteroatoms. The fourth-order valence-corrected chi connectivity index (χ4v) is 2.90. The van der Waals surface area contributed by atoms with Crippen LogP contribution < -0.4 is 5.32 Å². The van der Waals surface area contributed by atoms with E-state index < -0.39 is 0 Å². The predicted molar refractivity (Wildman–Crippen MR) is 65.2 cm³/mol. The molecule has 82 valence electrons. The number of aryl methyl sites for hydroxylation is 3. The second kappa shape index (κ2) is 3.97. The van der Waals surface area contributed by atoms with Gasteiger partial charge in [0.15, 0.2) is 0 Å². The molecule has 0 radical (unpaired) electrons. The summed E-state index contributed by atoms with van der Waals surface area (Å²) in [5, 5.41) is 3.62. The van der Waals surface area contributed by atoms with Crippen molar-refractivity contribution in [3.63, 3.8) is 0 Å². The molecule has 15 heavy (non-hydrogen) atoms. The van der Waals surface area contributed by atoms with Crippen LogP contribution in [-0.4, -0.2) is 6.54 Å². The monoisotopic (exact) mass is 203 g/mol. The van der Waals surface area contributed by atoms with Crippen LogP contribution in [0.3, 0.4) is 0 Å². The quantitative estimate of drug-likeness (QED) is 0.738. The second-order valence-electron chi connectivity index (χ2n) is 5.01. The molecule has 1 aliphatic rings. The Morgan fingerprint density at radius 1 is 1.13 bits per heavy atom. The molecule has 1 aromatic rings. The molecule has 1 aliphatic heterocycles. The van der Waals surface area contributed by atoms with E-state index in [1.807, 2.05) is 0 Å². The van der Waals surface area contributed by atoms with Crippen LogP contribution in [0.15, 0.2) is 12.1 Å².